The van der Waals surface area contributed by atoms with Crippen LogP contribution in [0.15, 0.2) is 24.4 Å². The van der Waals surface area contributed by atoms with Crippen LogP contribution >= 0.6 is 11.6 Å². The van der Waals surface area contributed by atoms with Gasteiger partial charge in [-0.3, -0.25) is 10.1 Å². The van der Waals surface area contributed by atoms with E-state index in [1.54, 1.807) is 18.3 Å². The Hall–Kier alpha value is -2.15. The molecular weight excluding hydrogens is 284 g/mol. The molecular formula is C12H13ClN4O3. The van der Waals surface area contributed by atoms with Gasteiger partial charge in [-0.1, -0.05) is 5.21 Å². The quantitative estimate of drug-likeness (QED) is 0.464. The van der Waals surface area contributed by atoms with E-state index in [1.165, 1.54) is 17.9 Å². The monoisotopic (exact) mass is 296 g/mol. The first-order valence-electron chi connectivity index (χ1n) is 5.95. The smallest absolute Gasteiger partial charge is 0.298 e. The third kappa shape index (κ3) is 3.05. The normalized spacial score (nSPS) is 10.5. The number of nitro groups is 1. The van der Waals surface area contributed by atoms with Crippen molar-refractivity contribution in [2.45, 2.75) is 12.8 Å². The van der Waals surface area contributed by atoms with E-state index in [4.69, 9.17) is 16.3 Å². The summed E-state index contributed by atoms with van der Waals surface area (Å²) in [5.41, 5.74) is 1.01. The molecule has 0 saturated heterocycles. The van der Waals surface area contributed by atoms with Crippen LogP contribution < -0.4 is 4.74 Å². The van der Waals surface area contributed by atoms with Crippen molar-refractivity contribution in [2.24, 2.45) is 0 Å². The van der Waals surface area contributed by atoms with E-state index < -0.39 is 4.92 Å². The summed E-state index contributed by atoms with van der Waals surface area (Å²) in [7, 11) is 1.46. The Labute approximate surface area is 120 Å². The van der Waals surface area contributed by atoms with Gasteiger partial charge in [0.1, 0.15) is 11.4 Å². The van der Waals surface area contributed by atoms with Crippen molar-refractivity contribution in [3.8, 4) is 11.4 Å². The fourth-order valence-electron chi connectivity index (χ4n) is 1.75. The van der Waals surface area contributed by atoms with Crippen LogP contribution in [0.2, 0.25) is 0 Å². The molecule has 1 aromatic heterocycles. The molecule has 2 aromatic rings. The Morgan fingerprint density at radius 3 is 2.95 bits per heavy atom. The molecule has 1 aromatic carbocycles. The number of hydrogen-bond donors (Lipinski definition) is 0. The largest absolute Gasteiger partial charge is 0.496 e. The lowest BCUT2D eigenvalue weighted by Crippen LogP contribution is -2.01. The zero-order chi connectivity index (χ0) is 14.5. The molecule has 0 spiro atoms. The molecule has 0 fully saturated rings. The highest BCUT2D eigenvalue weighted by atomic mass is 35.5. The van der Waals surface area contributed by atoms with Crippen LogP contribution in [0.25, 0.3) is 5.69 Å². The number of methoxy groups -OCH3 is 1. The van der Waals surface area contributed by atoms with E-state index in [0.717, 1.165) is 12.1 Å². The van der Waals surface area contributed by atoms with Crippen molar-refractivity contribution in [3.63, 3.8) is 0 Å². The lowest BCUT2D eigenvalue weighted by molar-refractivity contribution is -0.384. The third-order valence-corrected chi connectivity index (χ3v) is 3.00. The van der Waals surface area contributed by atoms with E-state index in [1.807, 2.05) is 0 Å². The molecule has 106 valence electrons. The summed E-state index contributed by atoms with van der Waals surface area (Å²) in [6, 6.07) is 4.58. The van der Waals surface area contributed by atoms with Gasteiger partial charge >= 0.3 is 0 Å². The standard InChI is InChI=1S/C12H13ClN4O3/c1-20-10-4-5-11(12(7-10)17(18)19)16-8-9(14-15-16)3-2-6-13/h4-5,7-8H,2-3,6H2,1H3. The SMILES string of the molecule is COc1ccc(-n2cc(CCCCl)nn2)c([N+](=O)[O-])c1. The molecule has 0 aliphatic carbocycles. The minimum atomic E-state index is -0.474. The van der Waals surface area contributed by atoms with Crippen LogP contribution in [0.3, 0.4) is 0 Å². The second kappa shape index (κ2) is 6.33. The lowest BCUT2D eigenvalue weighted by Gasteiger charge is -2.04. The van der Waals surface area contributed by atoms with Crippen molar-refractivity contribution in [1.29, 1.82) is 0 Å². The predicted molar refractivity (Wildman–Crippen MR) is 73.6 cm³/mol. The van der Waals surface area contributed by atoms with E-state index in [0.29, 0.717) is 23.7 Å². The Morgan fingerprint density at radius 1 is 1.50 bits per heavy atom. The van der Waals surface area contributed by atoms with Crippen LogP contribution in [0.4, 0.5) is 5.69 Å². The highest BCUT2D eigenvalue weighted by molar-refractivity contribution is 6.17. The average Bonchev–Trinajstić information content (AvgIpc) is 2.93. The van der Waals surface area contributed by atoms with Gasteiger partial charge in [-0.05, 0) is 25.0 Å². The van der Waals surface area contributed by atoms with E-state index in [9.17, 15) is 10.1 Å². The number of aryl methyl sites for hydroxylation is 1. The maximum atomic E-state index is 11.1. The number of benzene rings is 1. The molecule has 2 rings (SSSR count). The van der Waals surface area contributed by atoms with Gasteiger partial charge in [0, 0.05) is 5.88 Å². The highest BCUT2D eigenvalue weighted by Crippen LogP contribution is 2.27. The molecule has 0 bridgehead atoms. The Kier molecular flexibility index (Phi) is 4.52. The first-order chi connectivity index (χ1) is 9.65. The number of aromatic nitrogens is 3. The number of rotatable bonds is 6. The zero-order valence-electron chi connectivity index (χ0n) is 10.8. The van der Waals surface area contributed by atoms with Gasteiger partial charge in [-0.2, -0.15) is 0 Å². The van der Waals surface area contributed by atoms with E-state index in [2.05, 4.69) is 10.3 Å². The number of nitrogens with zero attached hydrogens (tertiary/aromatic N) is 4. The molecule has 0 unspecified atom stereocenters. The van der Waals surface area contributed by atoms with Crippen molar-refractivity contribution in [1.82, 2.24) is 15.0 Å². The second-order valence-corrected chi connectivity index (χ2v) is 4.44. The summed E-state index contributed by atoms with van der Waals surface area (Å²) in [6.45, 7) is 0. The van der Waals surface area contributed by atoms with Gasteiger partial charge in [0.15, 0.2) is 0 Å². The number of alkyl halides is 1. The molecule has 0 saturated carbocycles. The predicted octanol–water partition coefficient (Wildman–Crippen LogP) is 2.36. The number of hydrogen-bond acceptors (Lipinski definition) is 5. The van der Waals surface area contributed by atoms with E-state index in [-0.39, 0.29) is 5.69 Å². The maximum Gasteiger partial charge on any atom is 0.298 e. The van der Waals surface area contributed by atoms with Crippen LogP contribution in [0.5, 0.6) is 5.75 Å². The van der Waals surface area contributed by atoms with Gasteiger partial charge in [-0.25, -0.2) is 4.68 Å². The van der Waals surface area contributed by atoms with Crippen LogP contribution in [0, 0.1) is 10.1 Å². The minimum absolute atomic E-state index is 0.0851. The lowest BCUT2D eigenvalue weighted by atomic mass is 10.2. The molecule has 0 atom stereocenters. The molecule has 0 amide bonds. The minimum Gasteiger partial charge on any atom is -0.496 e. The molecule has 8 heteroatoms. The van der Waals surface area contributed by atoms with Crippen molar-refractivity contribution >= 4 is 17.3 Å². The fraction of sp³-hybridized carbons (Fsp3) is 0.333. The molecule has 7 nitrogen and oxygen atoms in total. The fourth-order valence-corrected chi connectivity index (χ4v) is 1.88. The summed E-state index contributed by atoms with van der Waals surface area (Å²) in [5.74, 6) is 0.957. The Morgan fingerprint density at radius 2 is 2.30 bits per heavy atom. The Bertz CT molecular complexity index is 614. The van der Waals surface area contributed by atoms with Crippen LogP contribution in [0.1, 0.15) is 12.1 Å². The van der Waals surface area contributed by atoms with Crippen molar-refractivity contribution in [2.75, 3.05) is 13.0 Å². The second-order valence-electron chi connectivity index (χ2n) is 4.06. The number of halogens is 1. The van der Waals surface area contributed by atoms with Crippen LogP contribution in [-0.2, 0) is 6.42 Å². The number of nitro benzene ring substituents is 1. The summed E-state index contributed by atoms with van der Waals surface area (Å²) in [4.78, 5) is 10.6. The van der Waals surface area contributed by atoms with Gasteiger partial charge in [0.2, 0.25) is 0 Å². The Balaban J connectivity index is 2.36. The van der Waals surface area contributed by atoms with Crippen molar-refractivity contribution < 1.29 is 9.66 Å². The number of ether oxygens (including phenoxy) is 1. The van der Waals surface area contributed by atoms with Gasteiger partial charge in [0.05, 0.1) is 30.0 Å². The average molecular weight is 297 g/mol. The first-order valence-corrected chi connectivity index (χ1v) is 6.49. The van der Waals surface area contributed by atoms with Gasteiger partial charge in [-0.15, -0.1) is 16.7 Å². The van der Waals surface area contributed by atoms with Gasteiger partial charge < -0.3 is 4.74 Å². The van der Waals surface area contributed by atoms with Crippen LogP contribution in [-0.4, -0.2) is 32.9 Å². The summed E-state index contributed by atoms with van der Waals surface area (Å²) in [6.07, 6.45) is 3.14. The molecule has 1 heterocycles. The summed E-state index contributed by atoms with van der Waals surface area (Å²) >= 11 is 5.62. The first kappa shape index (κ1) is 14.3. The zero-order valence-corrected chi connectivity index (χ0v) is 11.6. The highest BCUT2D eigenvalue weighted by Gasteiger charge is 2.18. The third-order valence-electron chi connectivity index (χ3n) is 2.73. The molecule has 20 heavy (non-hydrogen) atoms. The van der Waals surface area contributed by atoms with Crippen molar-refractivity contribution in [3.05, 3.63) is 40.2 Å². The topological polar surface area (TPSA) is 83.1 Å². The summed E-state index contributed by atoms with van der Waals surface area (Å²) in [5, 5.41) is 19.0. The molecule has 0 aliphatic rings. The summed E-state index contributed by atoms with van der Waals surface area (Å²) < 4.78 is 6.38. The molecule has 0 aliphatic heterocycles. The van der Waals surface area contributed by atoms with Gasteiger partial charge in [0.25, 0.3) is 5.69 Å². The molecule has 0 radical (unpaired) electrons. The molecule has 0 N–H and O–H groups in total. The van der Waals surface area contributed by atoms with E-state index >= 15 is 0 Å². The maximum absolute atomic E-state index is 11.1.